The van der Waals surface area contributed by atoms with E-state index in [1.54, 1.807) is 0 Å². The van der Waals surface area contributed by atoms with Gasteiger partial charge in [-0.25, -0.2) is 5.48 Å². The van der Waals surface area contributed by atoms with E-state index in [1.165, 1.54) is 19.3 Å². The molecule has 0 bridgehead atoms. The molecule has 2 unspecified atom stereocenters. The van der Waals surface area contributed by atoms with Gasteiger partial charge in [0.1, 0.15) is 6.04 Å². The Kier molecular flexibility index (Phi) is 7.06. The summed E-state index contributed by atoms with van der Waals surface area (Å²) in [6.07, 6.45) is 0.423. The zero-order valence-electron chi connectivity index (χ0n) is 11.6. The Morgan fingerprint density at radius 1 is 1.05 bits per heavy atom. The summed E-state index contributed by atoms with van der Waals surface area (Å²) >= 11 is 0. The van der Waals surface area contributed by atoms with Crippen LogP contribution in [-0.2, 0) is 14.4 Å². The molecular weight excluding hydrogens is 252 g/mol. The minimum atomic E-state index is -1.14. The summed E-state index contributed by atoms with van der Waals surface area (Å²) in [7, 11) is 0. The number of amides is 2. The van der Waals surface area contributed by atoms with Crippen LogP contribution in [0.25, 0.3) is 0 Å². The second kappa shape index (κ2) is 7.73. The standard InChI is InChI=1S/C12H22N2O5/c1-6(2)5-9(7(3)10(15)14-19)11(16)13-8(4)12(17)18/h6-9,19H,5H2,1-4H3,(H,13,16)(H,14,15)(H,17,18)/t7?,8-,9?/m0/s1. The lowest BCUT2D eigenvalue weighted by atomic mass is 9.85. The Hall–Kier alpha value is -1.63. The molecule has 0 rings (SSSR count). The quantitative estimate of drug-likeness (QED) is 0.395. The predicted molar refractivity (Wildman–Crippen MR) is 67.3 cm³/mol. The molecule has 0 aromatic rings. The van der Waals surface area contributed by atoms with Crippen LogP contribution in [0.15, 0.2) is 0 Å². The largest absolute Gasteiger partial charge is 0.480 e. The number of nitrogens with one attached hydrogen (secondary N) is 2. The van der Waals surface area contributed by atoms with Gasteiger partial charge in [0.05, 0.1) is 0 Å². The highest BCUT2D eigenvalue weighted by Crippen LogP contribution is 2.21. The van der Waals surface area contributed by atoms with Gasteiger partial charge in [-0.3, -0.25) is 19.6 Å². The maximum Gasteiger partial charge on any atom is 0.325 e. The molecule has 0 aromatic heterocycles. The average Bonchev–Trinajstić information content (AvgIpc) is 2.33. The fraction of sp³-hybridized carbons (Fsp3) is 0.750. The number of hydrogen-bond donors (Lipinski definition) is 4. The molecule has 7 heteroatoms. The van der Waals surface area contributed by atoms with Gasteiger partial charge in [0.2, 0.25) is 11.8 Å². The number of carboxylic acids is 1. The normalized spacial score (nSPS) is 15.5. The monoisotopic (exact) mass is 274 g/mol. The first kappa shape index (κ1) is 17.4. The number of hydroxylamine groups is 1. The molecule has 3 atom stereocenters. The number of carbonyl (C=O) groups excluding carboxylic acids is 2. The maximum absolute atomic E-state index is 12.0. The molecule has 19 heavy (non-hydrogen) atoms. The average molecular weight is 274 g/mol. The van der Waals surface area contributed by atoms with Crippen molar-refractivity contribution in [3.05, 3.63) is 0 Å². The third-order valence-electron chi connectivity index (χ3n) is 2.92. The first-order valence-corrected chi connectivity index (χ1v) is 6.17. The van der Waals surface area contributed by atoms with Crippen LogP contribution in [0.3, 0.4) is 0 Å². The molecule has 0 heterocycles. The van der Waals surface area contributed by atoms with Crippen molar-refractivity contribution in [2.75, 3.05) is 0 Å². The lowest BCUT2D eigenvalue weighted by Crippen LogP contribution is -2.46. The summed E-state index contributed by atoms with van der Waals surface area (Å²) in [6, 6.07) is -1.02. The zero-order chi connectivity index (χ0) is 15.2. The topological polar surface area (TPSA) is 116 Å². The SMILES string of the molecule is CC(C)CC(C(=O)N[C@@H](C)C(=O)O)C(C)C(=O)NO. The number of carbonyl (C=O) groups is 3. The van der Waals surface area contributed by atoms with Crippen molar-refractivity contribution in [3.63, 3.8) is 0 Å². The van der Waals surface area contributed by atoms with Crippen LogP contribution in [0, 0.1) is 17.8 Å². The van der Waals surface area contributed by atoms with Gasteiger partial charge in [-0.15, -0.1) is 0 Å². The van der Waals surface area contributed by atoms with E-state index < -0.39 is 35.7 Å². The summed E-state index contributed by atoms with van der Waals surface area (Å²) in [5.41, 5.74) is 1.51. The molecule has 0 aliphatic rings. The van der Waals surface area contributed by atoms with Gasteiger partial charge in [-0.05, 0) is 19.3 Å². The van der Waals surface area contributed by atoms with E-state index in [0.29, 0.717) is 6.42 Å². The van der Waals surface area contributed by atoms with Crippen LogP contribution in [0.2, 0.25) is 0 Å². The molecular formula is C12H22N2O5. The van der Waals surface area contributed by atoms with Crippen LogP contribution in [-0.4, -0.2) is 34.1 Å². The molecule has 7 nitrogen and oxygen atoms in total. The second-order valence-electron chi connectivity index (χ2n) is 5.07. The molecule has 0 saturated heterocycles. The van der Waals surface area contributed by atoms with Gasteiger partial charge in [0.15, 0.2) is 0 Å². The van der Waals surface area contributed by atoms with E-state index in [-0.39, 0.29) is 5.92 Å². The van der Waals surface area contributed by atoms with Crippen molar-refractivity contribution in [1.82, 2.24) is 10.8 Å². The van der Waals surface area contributed by atoms with Crippen LogP contribution < -0.4 is 10.8 Å². The number of aliphatic carboxylic acids is 1. The van der Waals surface area contributed by atoms with Gasteiger partial charge < -0.3 is 10.4 Å². The first-order valence-electron chi connectivity index (χ1n) is 6.17. The highest BCUT2D eigenvalue weighted by molar-refractivity contribution is 5.89. The lowest BCUT2D eigenvalue weighted by molar-refractivity contribution is -0.144. The van der Waals surface area contributed by atoms with Gasteiger partial charge in [0, 0.05) is 11.8 Å². The summed E-state index contributed by atoms with van der Waals surface area (Å²) in [5, 5.41) is 19.7. The van der Waals surface area contributed by atoms with E-state index in [1.807, 2.05) is 13.8 Å². The molecule has 0 aromatic carbocycles. The summed E-state index contributed by atoms with van der Waals surface area (Å²) in [4.78, 5) is 34.1. The van der Waals surface area contributed by atoms with Crippen LogP contribution in [0.5, 0.6) is 0 Å². The van der Waals surface area contributed by atoms with Crippen molar-refractivity contribution < 1.29 is 24.7 Å². The Bertz CT molecular complexity index is 343. The Morgan fingerprint density at radius 3 is 1.95 bits per heavy atom. The highest BCUT2D eigenvalue weighted by atomic mass is 16.5. The molecule has 2 amide bonds. The van der Waals surface area contributed by atoms with Crippen molar-refractivity contribution in [2.24, 2.45) is 17.8 Å². The third-order valence-corrected chi connectivity index (χ3v) is 2.92. The van der Waals surface area contributed by atoms with E-state index in [4.69, 9.17) is 10.3 Å². The Labute approximate surface area is 112 Å². The van der Waals surface area contributed by atoms with E-state index in [9.17, 15) is 14.4 Å². The van der Waals surface area contributed by atoms with Crippen LogP contribution >= 0.6 is 0 Å². The van der Waals surface area contributed by atoms with Crippen molar-refractivity contribution in [2.45, 2.75) is 40.2 Å². The molecule has 0 radical (unpaired) electrons. The molecule has 0 aliphatic heterocycles. The van der Waals surface area contributed by atoms with E-state index >= 15 is 0 Å². The highest BCUT2D eigenvalue weighted by Gasteiger charge is 2.32. The van der Waals surface area contributed by atoms with Crippen molar-refractivity contribution in [1.29, 1.82) is 0 Å². The summed E-state index contributed by atoms with van der Waals surface area (Å²) in [6.45, 7) is 6.65. The fourth-order valence-electron chi connectivity index (χ4n) is 1.71. The molecule has 4 N–H and O–H groups in total. The van der Waals surface area contributed by atoms with Crippen LogP contribution in [0.4, 0.5) is 0 Å². The van der Waals surface area contributed by atoms with Crippen molar-refractivity contribution >= 4 is 17.8 Å². The lowest BCUT2D eigenvalue weighted by Gasteiger charge is -2.24. The first-order chi connectivity index (χ1) is 8.70. The van der Waals surface area contributed by atoms with Crippen molar-refractivity contribution in [3.8, 4) is 0 Å². The van der Waals surface area contributed by atoms with Gasteiger partial charge in [-0.1, -0.05) is 20.8 Å². The van der Waals surface area contributed by atoms with Crippen LogP contribution in [0.1, 0.15) is 34.1 Å². The molecule has 0 spiro atoms. The van der Waals surface area contributed by atoms with E-state index in [2.05, 4.69) is 5.32 Å². The molecule has 110 valence electrons. The number of rotatable bonds is 7. The van der Waals surface area contributed by atoms with Gasteiger partial charge in [0.25, 0.3) is 0 Å². The summed E-state index contributed by atoms with van der Waals surface area (Å²) in [5.74, 6) is -3.58. The number of carboxylic acid groups (broad SMARTS) is 1. The van der Waals surface area contributed by atoms with E-state index in [0.717, 1.165) is 0 Å². The minimum absolute atomic E-state index is 0.157. The zero-order valence-corrected chi connectivity index (χ0v) is 11.6. The van der Waals surface area contributed by atoms with Gasteiger partial charge in [-0.2, -0.15) is 0 Å². The van der Waals surface area contributed by atoms with Gasteiger partial charge >= 0.3 is 5.97 Å². The third kappa shape index (κ3) is 5.69. The smallest absolute Gasteiger partial charge is 0.325 e. The second-order valence-corrected chi connectivity index (χ2v) is 5.07. The number of hydrogen-bond acceptors (Lipinski definition) is 4. The fourth-order valence-corrected chi connectivity index (χ4v) is 1.71. The molecule has 0 saturated carbocycles. The Balaban J connectivity index is 4.88. The molecule has 0 fully saturated rings. The Morgan fingerprint density at radius 2 is 1.58 bits per heavy atom. The maximum atomic E-state index is 12.0. The molecule has 0 aliphatic carbocycles. The predicted octanol–water partition coefficient (Wildman–Crippen LogP) is 0.380. The minimum Gasteiger partial charge on any atom is -0.480 e. The summed E-state index contributed by atoms with van der Waals surface area (Å²) < 4.78 is 0.